The van der Waals surface area contributed by atoms with Gasteiger partial charge in [0.1, 0.15) is 5.69 Å². The topological polar surface area (TPSA) is 133 Å². The number of nitrogens with one attached hydrogen (secondary N) is 1. The molecule has 0 bridgehead atoms. The number of aryl methyl sites for hydroxylation is 3. The predicted molar refractivity (Wildman–Crippen MR) is 92.5 cm³/mol. The van der Waals surface area contributed by atoms with Crippen LogP contribution in [0.25, 0.3) is 0 Å². The second-order valence-corrected chi connectivity index (χ2v) is 6.24. The van der Waals surface area contributed by atoms with Crippen molar-refractivity contribution >= 4 is 23.5 Å². The molecule has 0 atom stereocenters. The SMILES string of the molecule is CCOC(=O)c1c(C)[nH]c(C)c1C(=O)CSc1nnc(C)c(=O)n1N. The Morgan fingerprint density at radius 1 is 1.20 bits per heavy atom. The summed E-state index contributed by atoms with van der Waals surface area (Å²) in [7, 11) is 0. The zero-order valence-electron chi connectivity index (χ0n) is 14.4. The second-order valence-electron chi connectivity index (χ2n) is 5.30. The lowest BCUT2D eigenvalue weighted by molar-refractivity contribution is 0.0522. The molecule has 0 saturated carbocycles. The number of esters is 1. The highest BCUT2D eigenvalue weighted by Crippen LogP contribution is 2.23. The number of carbonyl (C=O) groups is 2. The Bertz CT molecular complexity index is 887. The van der Waals surface area contributed by atoms with Crippen LogP contribution in [-0.4, -0.2) is 44.0 Å². The number of rotatable bonds is 6. The highest BCUT2D eigenvalue weighted by molar-refractivity contribution is 7.99. The molecule has 0 unspecified atom stereocenters. The number of ether oxygens (including phenoxy) is 1. The van der Waals surface area contributed by atoms with Gasteiger partial charge in [0.05, 0.1) is 23.5 Å². The summed E-state index contributed by atoms with van der Waals surface area (Å²) in [5.41, 5.74) is 1.33. The first-order valence-electron chi connectivity index (χ1n) is 7.51. The van der Waals surface area contributed by atoms with E-state index in [1.807, 2.05) is 0 Å². The Hall–Kier alpha value is -2.62. The fourth-order valence-electron chi connectivity index (χ4n) is 2.36. The van der Waals surface area contributed by atoms with Gasteiger partial charge in [-0.05, 0) is 27.7 Å². The number of nitrogen functional groups attached to an aromatic ring is 1. The molecule has 0 aliphatic heterocycles. The Labute approximate surface area is 147 Å². The van der Waals surface area contributed by atoms with E-state index in [2.05, 4.69) is 15.2 Å². The van der Waals surface area contributed by atoms with Crippen LogP contribution in [0.15, 0.2) is 9.95 Å². The van der Waals surface area contributed by atoms with E-state index in [1.54, 1.807) is 20.8 Å². The molecule has 3 N–H and O–H groups in total. The summed E-state index contributed by atoms with van der Waals surface area (Å²) in [4.78, 5) is 39.5. The van der Waals surface area contributed by atoms with Crippen LogP contribution in [0.4, 0.5) is 0 Å². The summed E-state index contributed by atoms with van der Waals surface area (Å²) < 4.78 is 5.87. The fourth-order valence-corrected chi connectivity index (χ4v) is 3.08. The number of Topliss-reactive ketones (excluding diaryl/α,β-unsaturated/α-hetero) is 1. The summed E-state index contributed by atoms with van der Waals surface area (Å²) in [5.74, 6) is 4.74. The molecule has 0 aliphatic rings. The molecule has 134 valence electrons. The number of nitrogens with two attached hydrogens (primary N) is 1. The molecule has 2 aromatic heterocycles. The number of carbonyl (C=O) groups excluding carboxylic acids is 2. The van der Waals surface area contributed by atoms with Crippen molar-refractivity contribution in [1.82, 2.24) is 19.9 Å². The van der Waals surface area contributed by atoms with Crippen LogP contribution in [0, 0.1) is 20.8 Å². The Morgan fingerprint density at radius 2 is 1.84 bits per heavy atom. The van der Waals surface area contributed by atoms with Gasteiger partial charge in [-0.15, -0.1) is 10.2 Å². The van der Waals surface area contributed by atoms with Crippen molar-refractivity contribution in [3.8, 4) is 0 Å². The lowest BCUT2D eigenvalue weighted by Gasteiger charge is -2.07. The Morgan fingerprint density at radius 3 is 2.48 bits per heavy atom. The number of ketones is 1. The smallest absolute Gasteiger partial charge is 0.340 e. The molecule has 0 spiro atoms. The van der Waals surface area contributed by atoms with E-state index in [9.17, 15) is 14.4 Å². The minimum absolute atomic E-state index is 0.0566. The maximum absolute atomic E-state index is 12.6. The third kappa shape index (κ3) is 3.73. The summed E-state index contributed by atoms with van der Waals surface area (Å²) in [6, 6.07) is 0. The normalized spacial score (nSPS) is 10.7. The molecule has 2 aromatic rings. The van der Waals surface area contributed by atoms with Gasteiger partial charge in [0.2, 0.25) is 5.16 Å². The van der Waals surface area contributed by atoms with Crippen molar-refractivity contribution in [2.45, 2.75) is 32.9 Å². The molecule has 0 aliphatic carbocycles. The van der Waals surface area contributed by atoms with E-state index in [1.165, 1.54) is 6.92 Å². The standard InChI is InChI=1S/C15H19N5O4S/c1-5-24-14(23)12-8(3)17-7(2)11(12)10(21)6-25-15-19-18-9(4)13(22)20(15)16/h17H,5-6,16H2,1-4H3. The van der Waals surface area contributed by atoms with Crippen LogP contribution < -0.4 is 11.4 Å². The van der Waals surface area contributed by atoms with Gasteiger partial charge in [-0.1, -0.05) is 11.8 Å². The van der Waals surface area contributed by atoms with Gasteiger partial charge < -0.3 is 15.6 Å². The number of nitrogens with zero attached hydrogens (tertiary/aromatic N) is 3. The highest BCUT2D eigenvalue weighted by atomic mass is 32.2. The van der Waals surface area contributed by atoms with Crippen molar-refractivity contribution in [3.05, 3.63) is 38.6 Å². The number of aromatic nitrogens is 4. The Kier molecular flexibility index (Phi) is 5.62. The van der Waals surface area contributed by atoms with Crippen LogP contribution in [-0.2, 0) is 4.74 Å². The van der Waals surface area contributed by atoms with Gasteiger partial charge in [-0.25, -0.2) is 4.79 Å². The van der Waals surface area contributed by atoms with E-state index < -0.39 is 11.5 Å². The number of hydrogen-bond donors (Lipinski definition) is 2. The number of thioether (sulfide) groups is 1. The van der Waals surface area contributed by atoms with Crippen LogP contribution >= 0.6 is 11.8 Å². The minimum atomic E-state index is -0.552. The van der Waals surface area contributed by atoms with Crippen molar-refractivity contribution < 1.29 is 14.3 Å². The van der Waals surface area contributed by atoms with Crippen LogP contribution in [0.5, 0.6) is 0 Å². The fraction of sp³-hybridized carbons (Fsp3) is 0.400. The first kappa shape index (κ1) is 18.7. The van der Waals surface area contributed by atoms with Gasteiger partial charge in [0, 0.05) is 11.4 Å². The minimum Gasteiger partial charge on any atom is -0.462 e. The molecular weight excluding hydrogens is 346 g/mol. The van der Waals surface area contributed by atoms with Gasteiger partial charge in [0.15, 0.2) is 5.78 Å². The van der Waals surface area contributed by atoms with E-state index >= 15 is 0 Å². The van der Waals surface area contributed by atoms with Crippen LogP contribution in [0.2, 0.25) is 0 Å². The zero-order chi connectivity index (χ0) is 18.7. The quantitative estimate of drug-likeness (QED) is 0.332. The molecule has 0 amide bonds. The first-order valence-corrected chi connectivity index (χ1v) is 8.50. The van der Waals surface area contributed by atoms with Crippen LogP contribution in [0.1, 0.15) is 44.7 Å². The maximum Gasteiger partial charge on any atom is 0.340 e. The van der Waals surface area contributed by atoms with Gasteiger partial charge >= 0.3 is 5.97 Å². The summed E-state index contributed by atoms with van der Waals surface area (Å²) in [6.45, 7) is 6.81. The highest BCUT2D eigenvalue weighted by Gasteiger charge is 2.25. The molecule has 2 rings (SSSR count). The summed E-state index contributed by atoms with van der Waals surface area (Å²) in [6.07, 6.45) is 0. The number of aromatic amines is 1. The molecule has 10 heteroatoms. The van der Waals surface area contributed by atoms with Crippen molar-refractivity contribution in [2.24, 2.45) is 0 Å². The monoisotopic (exact) mass is 365 g/mol. The largest absolute Gasteiger partial charge is 0.462 e. The molecule has 25 heavy (non-hydrogen) atoms. The molecule has 2 heterocycles. The third-order valence-corrected chi connectivity index (χ3v) is 4.43. The predicted octanol–water partition coefficient (Wildman–Crippen LogP) is 0.757. The molecule has 0 saturated heterocycles. The zero-order valence-corrected chi connectivity index (χ0v) is 15.2. The third-order valence-electron chi connectivity index (χ3n) is 3.49. The lowest BCUT2D eigenvalue weighted by atomic mass is 10.1. The van der Waals surface area contributed by atoms with Crippen molar-refractivity contribution in [2.75, 3.05) is 18.2 Å². The molecule has 0 fully saturated rings. The average Bonchev–Trinajstić information content (AvgIpc) is 2.86. The van der Waals surface area contributed by atoms with E-state index in [4.69, 9.17) is 10.6 Å². The van der Waals surface area contributed by atoms with Crippen molar-refractivity contribution in [1.29, 1.82) is 0 Å². The maximum atomic E-state index is 12.6. The van der Waals surface area contributed by atoms with Gasteiger partial charge in [-0.2, -0.15) is 4.68 Å². The number of hydrogen-bond acceptors (Lipinski definition) is 8. The van der Waals surface area contributed by atoms with E-state index in [0.29, 0.717) is 11.4 Å². The summed E-state index contributed by atoms with van der Waals surface area (Å²) in [5, 5.41) is 7.64. The molecule has 0 aromatic carbocycles. The van der Waals surface area contributed by atoms with Gasteiger partial charge in [-0.3, -0.25) is 9.59 Å². The van der Waals surface area contributed by atoms with Gasteiger partial charge in [0.25, 0.3) is 5.56 Å². The Balaban J connectivity index is 2.26. The lowest BCUT2D eigenvalue weighted by Crippen LogP contribution is -2.32. The van der Waals surface area contributed by atoms with Crippen LogP contribution in [0.3, 0.4) is 0 Å². The molecule has 0 radical (unpaired) electrons. The average molecular weight is 365 g/mol. The number of H-pyrrole nitrogens is 1. The van der Waals surface area contributed by atoms with E-state index in [0.717, 1.165) is 16.4 Å². The molecular formula is C15H19N5O4S. The van der Waals surface area contributed by atoms with E-state index in [-0.39, 0.29) is 40.1 Å². The summed E-state index contributed by atoms with van der Waals surface area (Å²) >= 11 is 0.973. The second kappa shape index (κ2) is 7.51. The molecule has 9 nitrogen and oxygen atoms in total. The van der Waals surface area contributed by atoms with Crippen molar-refractivity contribution in [3.63, 3.8) is 0 Å². The first-order chi connectivity index (χ1) is 11.8.